The first-order chi connectivity index (χ1) is 11.9. The first-order valence-corrected chi connectivity index (χ1v) is 8.75. The van der Waals surface area contributed by atoms with Gasteiger partial charge in [0.15, 0.2) is 0 Å². The zero-order valence-electron chi connectivity index (χ0n) is 13.7. The Morgan fingerprint density at radius 3 is 2.84 bits per heavy atom. The normalized spacial score (nSPS) is 18.4. The summed E-state index contributed by atoms with van der Waals surface area (Å²) in [5.41, 5.74) is 0.861. The number of hydrogen-bond acceptors (Lipinski definition) is 3. The second kappa shape index (κ2) is 7.50. The highest BCUT2D eigenvalue weighted by Gasteiger charge is 2.35. The summed E-state index contributed by atoms with van der Waals surface area (Å²) in [6.07, 6.45) is 1.78. The van der Waals surface area contributed by atoms with Crippen molar-refractivity contribution in [1.29, 1.82) is 0 Å². The molecule has 5 nitrogen and oxygen atoms in total. The number of likely N-dealkylation sites (tertiary alicyclic amines) is 1. The predicted octanol–water partition coefficient (Wildman–Crippen LogP) is 3.81. The average Bonchev–Trinajstić information content (AvgIpc) is 3.21. The highest BCUT2D eigenvalue weighted by Crippen LogP contribution is 2.26. The lowest BCUT2D eigenvalue weighted by Gasteiger charge is -2.18. The summed E-state index contributed by atoms with van der Waals surface area (Å²) < 4.78 is 5.26. The van der Waals surface area contributed by atoms with Gasteiger partial charge >= 0.3 is 0 Å². The Morgan fingerprint density at radius 2 is 2.16 bits per heavy atom. The van der Waals surface area contributed by atoms with Crippen LogP contribution in [0.1, 0.15) is 30.7 Å². The number of hydrogen-bond donors (Lipinski definition) is 1. The van der Waals surface area contributed by atoms with Gasteiger partial charge in [0.25, 0.3) is 0 Å². The molecule has 1 N–H and O–H groups in total. The molecule has 25 heavy (non-hydrogen) atoms. The summed E-state index contributed by atoms with van der Waals surface area (Å²) in [6.45, 7) is 2.65. The van der Waals surface area contributed by atoms with Gasteiger partial charge in [-0.1, -0.05) is 29.3 Å². The monoisotopic (exact) mass is 380 g/mol. The van der Waals surface area contributed by atoms with Crippen LogP contribution in [-0.2, 0) is 16.1 Å². The molecular formula is C18H18Cl2N2O3. The van der Waals surface area contributed by atoms with Gasteiger partial charge < -0.3 is 14.6 Å². The van der Waals surface area contributed by atoms with E-state index in [1.165, 1.54) is 0 Å². The Hall–Kier alpha value is -1.98. The number of nitrogens with zero attached hydrogens (tertiary/aromatic N) is 1. The fourth-order valence-electron chi connectivity index (χ4n) is 2.89. The van der Waals surface area contributed by atoms with E-state index in [0.717, 1.165) is 5.56 Å². The van der Waals surface area contributed by atoms with E-state index in [-0.39, 0.29) is 30.2 Å². The number of halogens is 2. The van der Waals surface area contributed by atoms with Crippen molar-refractivity contribution in [3.8, 4) is 0 Å². The quantitative estimate of drug-likeness (QED) is 0.857. The third kappa shape index (κ3) is 4.17. The zero-order chi connectivity index (χ0) is 18.0. The van der Waals surface area contributed by atoms with Gasteiger partial charge in [0, 0.05) is 13.0 Å². The molecule has 0 bridgehead atoms. The molecule has 2 unspecified atom stereocenters. The van der Waals surface area contributed by atoms with Crippen LogP contribution in [-0.4, -0.2) is 23.3 Å². The molecule has 2 amide bonds. The predicted molar refractivity (Wildman–Crippen MR) is 95.3 cm³/mol. The maximum atomic E-state index is 12.5. The maximum Gasteiger partial charge on any atom is 0.225 e. The van der Waals surface area contributed by atoms with Gasteiger partial charge in [0.2, 0.25) is 11.8 Å². The SMILES string of the molecule is CC(NC(=O)C1CC(=O)N(Cc2ccco2)C1)c1ccc(Cl)c(Cl)c1. The van der Waals surface area contributed by atoms with Gasteiger partial charge in [-0.25, -0.2) is 0 Å². The topological polar surface area (TPSA) is 62.6 Å². The number of amides is 2. The van der Waals surface area contributed by atoms with Gasteiger partial charge in [-0.2, -0.15) is 0 Å². The van der Waals surface area contributed by atoms with Crippen LogP contribution >= 0.6 is 23.2 Å². The van der Waals surface area contributed by atoms with E-state index < -0.39 is 0 Å². The van der Waals surface area contributed by atoms with Crippen LogP contribution in [0.4, 0.5) is 0 Å². The second-order valence-electron chi connectivity index (χ2n) is 6.16. The van der Waals surface area contributed by atoms with Crippen LogP contribution in [0.5, 0.6) is 0 Å². The Kier molecular flexibility index (Phi) is 5.35. The largest absolute Gasteiger partial charge is 0.467 e. The van der Waals surface area contributed by atoms with E-state index in [1.54, 1.807) is 29.4 Å². The molecule has 132 valence electrons. The van der Waals surface area contributed by atoms with Crippen LogP contribution in [0, 0.1) is 5.92 Å². The maximum absolute atomic E-state index is 12.5. The molecule has 1 aromatic carbocycles. The minimum Gasteiger partial charge on any atom is -0.467 e. The van der Waals surface area contributed by atoms with Crippen LogP contribution < -0.4 is 5.32 Å². The number of carbonyl (C=O) groups excluding carboxylic acids is 2. The summed E-state index contributed by atoms with van der Waals surface area (Å²) in [5, 5.41) is 3.86. The summed E-state index contributed by atoms with van der Waals surface area (Å²) >= 11 is 11.9. The number of carbonyl (C=O) groups is 2. The molecule has 0 aliphatic carbocycles. The van der Waals surface area contributed by atoms with Crippen LogP contribution in [0.3, 0.4) is 0 Å². The Morgan fingerprint density at radius 1 is 1.36 bits per heavy atom. The molecule has 0 radical (unpaired) electrons. The Bertz CT molecular complexity index is 777. The van der Waals surface area contributed by atoms with E-state index in [0.29, 0.717) is 28.9 Å². The van der Waals surface area contributed by atoms with E-state index in [1.807, 2.05) is 19.1 Å². The molecule has 1 aromatic heterocycles. The first kappa shape index (κ1) is 17.8. The molecule has 3 rings (SSSR count). The summed E-state index contributed by atoms with van der Waals surface area (Å²) in [6, 6.07) is 8.62. The fraction of sp³-hybridized carbons (Fsp3) is 0.333. The second-order valence-corrected chi connectivity index (χ2v) is 6.97. The van der Waals surface area contributed by atoms with Crippen LogP contribution in [0.25, 0.3) is 0 Å². The number of furan rings is 1. The minimum atomic E-state index is -0.368. The molecule has 1 aliphatic heterocycles. The van der Waals surface area contributed by atoms with E-state index in [4.69, 9.17) is 27.6 Å². The van der Waals surface area contributed by atoms with Gasteiger partial charge in [0.05, 0.1) is 34.8 Å². The van der Waals surface area contributed by atoms with Crippen molar-refractivity contribution < 1.29 is 14.0 Å². The zero-order valence-corrected chi connectivity index (χ0v) is 15.2. The van der Waals surface area contributed by atoms with E-state index in [2.05, 4.69) is 5.32 Å². The molecule has 1 fully saturated rings. The molecule has 1 saturated heterocycles. The highest BCUT2D eigenvalue weighted by atomic mass is 35.5. The van der Waals surface area contributed by atoms with Gasteiger partial charge in [-0.05, 0) is 36.8 Å². The van der Waals surface area contributed by atoms with Crippen LogP contribution in [0.2, 0.25) is 10.0 Å². The number of benzene rings is 1. The number of rotatable bonds is 5. The van der Waals surface area contributed by atoms with Gasteiger partial charge in [-0.15, -0.1) is 0 Å². The molecule has 7 heteroatoms. The van der Waals surface area contributed by atoms with Crippen molar-refractivity contribution in [2.45, 2.75) is 25.9 Å². The number of nitrogens with one attached hydrogen (secondary N) is 1. The molecule has 2 heterocycles. The summed E-state index contributed by atoms with van der Waals surface area (Å²) in [7, 11) is 0. The highest BCUT2D eigenvalue weighted by molar-refractivity contribution is 6.42. The average molecular weight is 381 g/mol. The lowest BCUT2D eigenvalue weighted by molar-refractivity contribution is -0.129. The van der Waals surface area contributed by atoms with Gasteiger partial charge in [-0.3, -0.25) is 9.59 Å². The third-order valence-corrected chi connectivity index (χ3v) is 5.05. The summed E-state index contributed by atoms with van der Waals surface area (Å²) in [5.74, 6) is 0.152. The van der Waals surface area contributed by atoms with Crippen LogP contribution in [0.15, 0.2) is 41.0 Å². The lowest BCUT2D eigenvalue weighted by atomic mass is 10.0. The van der Waals surface area contributed by atoms with Crippen molar-refractivity contribution in [2.24, 2.45) is 5.92 Å². The van der Waals surface area contributed by atoms with Crippen molar-refractivity contribution in [3.63, 3.8) is 0 Å². The first-order valence-electron chi connectivity index (χ1n) is 7.99. The van der Waals surface area contributed by atoms with E-state index in [9.17, 15) is 9.59 Å². The standard InChI is InChI=1S/C18H18Cl2N2O3/c1-11(12-4-5-15(19)16(20)7-12)21-18(24)13-8-17(23)22(9-13)10-14-3-2-6-25-14/h2-7,11,13H,8-10H2,1H3,(H,21,24). The summed E-state index contributed by atoms with van der Waals surface area (Å²) in [4.78, 5) is 26.3. The molecule has 2 atom stereocenters. The minimum absolute atomic E-state index is 0.0428. The molecular weight excluding hydrogens is 363 g/mol. The van der Waals surface area contributed by atoms with Gasteiger partial charge in [0.1, 0.15) is 5.76 Å². The smallest absolute Gasteiger partial charge is 0.225 e. The molecule has 0 saturated carbocycles. The van der Waals surface area contributed by atoms with Crippen molar-refractivity contribution in [3.05, 3.63) is 58.0 Å². The molecule has 1 aliphatic rings. The molecule has 2 aromatic rings. The lowest BCUT2D eigenvalue weighted by Crippen LogP contribution is -2.34. The van der Waals surface area contributed by atoms with Crippen molar-refractivity contribution >= 4 is 35.0 Å². The Labute approximate surface area is 155 Å². The fourth-order valence-corrected chi connectivity index (χ4v) is 3.19. The van der Waals surface area contributed by atoms with Crippen molar-refractivity contribution in [2.75, 3.05) is 6.54 Å². The third-order valence-electron chi connectivity index (χ3n) is 4.31. The van der Waals surface area contributed by atoms with Crippen molar-refractivity contribution in [1.82, 2.24) is 10.2 Å². The molecule has 0 spiro atoms. The Balaban J connectivity index is 1.59. The van der Waals surface area contributed by atoms with E-state index >= 15 is 0 Å².